The minimum atomic E-state index is 0.168. The zero-order chi connectivity index (χ0) is 13.0. The SMILES string of the molecule is CCCC(CN)c1nc(-c2ccc(C)cc2)no1. The molecular formula is C14H19N3O. The average molecular weight is 245 g/mol. The molecule has 0 fully saturated rings. The van der Waals surface area contributed by atoms with E-state index in [2.05, 4.69) is 24.0 Å². The van der Waals surface area contributed by atoms with Gasteiger partial charge in [-0.15, -0.1) is 0 Å². The molecule has 0 bridgehead atoms. The van der Waals surface area contributed by atoms with Crippen molar-refractivity contribution in [3.8, 4) is 11.4 Å². The van der Waals surface area contributed by atoms with Crippen molar-refractivity contribution in [2.45, 2.75) is 32.6 Å². The number of aromatic nitrogens is 2. The molecule has 0 aliphatic rings. The molecule has 0 amide bonds. The highest BCUT2D eigenvalue weighted by Gasteiger charge is 2.17. The minimum Gasteiger partial charge on any atom is -0.339 e. The zero-order valence-electron chi connectivity index (χ0n) is 10.9. The smallest absolute Gasteiger partial charge is 0.231 e. The highest BCUT2D eigenvalue weighted by atomic mass is 16.5. The van der Waals surface area contributed by atoms with E-state index < -0.39 is 0 Å². The van der Waals surface area contributed by atoms with E-state index in [0.29, 0.717) is 18.3 Å². The Labute approximate surface area is 107 Å². The van der Waals surface area contributed by atoms with Crippen molar-refractivity contribution in [3.05, 3.63) is 35.7 Å². The van der Waals surface area contributed by atoms with E-state index in [0.717, 1.165) is 18.4 Å². The molecule has 0 saturated heterocycles. The van der Waals surface area contributed by atoms with Crippen LogP contribution in [0.1, 0.15) is 37.1 Å². The predicted molar refractivity (Wildman–Crippen MR) is 71.2 cm³/mol. The molecule has 2 rings (SSSR count). The van der Waals surface area contributed by atoms with Gasteiger partial charge in [-0.3, -0.25) is 0 Å². The van der Waals surface area contributed by atoms with Crippen molar-refractivity contribution in [1.82, 2.24) is 10.1 Å². The molecule has 1 unspecified atom stereocenters. The number of nitrogens with zero attached hydrogens (tertiary/aromatic N) is 2. The van der Waals surface area contributed by atoms with E-state index >= 15 is 0 Å². The lowest BCUT2D eigenvalue weighted by Crippen LogP contribution is -2.12. The molecule has 18 heavy (non-hydrogen) atoms. The van der Waals surface area contributed by atoms with Crippen molar-refractivity contribution >= 4 is 0 Å². The fourth-order valence-electron chi connectivity index (χ4n) is 1.91. The Kier molecular flexibility index (Phi) is 4.10. The zero-order valence-corrected chi connectivity index (χ0v) is 10.9. The first-order valence-corrected chi connectivity index (χ1v) is 6.35. The summed E-state index contributed by atoms with van der Waals surface area (Å²) >= 11 is 0. The fourth-order valence-corrected chi connectivity index (χ4v) is 1.91. The third-order valence-corrected chi connectivity index (χ3v) is 3.02. The topological polar surface area (TPSA) is 64.9 Å². The number of benzene rings is 1. The van der Waals surface area contributed by atoms with Gasteiger partial charge in [-0.25, -0.2) is 0 Å². The summed E-state index contributed by atoms with van der Waals surface area (Å²) in [6.07, 6.45) is 2.04. The van der Waals surface area contributed by atoms with E-state index in [1.807, 2.05) is 24.3 Å². The maximum Gasteiger partial charge on any atom is 0.231 e. The summed E-state index contributed by atoms with van der Waals surface area (Å²) in [7, 11) is 0. The Morgan fingerprint density at radius 3 is 2.61 bits per heavy atom. The summed E-state index contributed by atoms with van der Waals surface area (Å²) in [5.41, 5.74) is 7.92. The summed E-state index contributed by atoms with van der Waals surface area (Å²) in [4.78, 5) is 4.44. The second-order valence-corrected chi connectivity index (χ2v) is 4.54. The first-order chi connectivity index (χ1) is 8.74. The minimum absolute atomic E-state index is 0.168. The van der Waals surface area contributed by atoms with Gasteiger partial charge in [0.2, 0.25) is 11.7 Å². The van der Waals surface area contributed by atoms with Crippen LogP contribution in [0.15, 0.2) is 28.8 Å². The summed E-state index contributed by atoms with van der Waals surface area (Å²) in [5.74, 6) is 1.45. The number of rotatable bonds is 5. The molecule has 4 nitrogen and oxygen atoms in total. The Morgan fingerprint density at radius 1 is 1.28 bits per heavy atom. The molecular weight excluding hydrogens is 226 g/mol. The average Bonchev–Trinajstić information content (AvgIpc) is 2.86. The molecule has 0 radical (unpaired) electrons. The summed E-state index contributed by atoms with van der Waals surface area (Å²) in [6, 6.07) is 8.08. The van der Waals surface area contributed by atoms with Gasteiger partial charge in [0.1, 0.15) is 0 Å². The lowest BCUT2D eigenvalue weighted by Gasteiger charge is -2.06. The van der Waals surface area contributed by atoms with Crippen molar-refractivity contribution in [2.24, 2.45) is 5.73 Å². The molecule has 1 aromatic heterocycles. The van der Waals surface area contributed by atoms with Gasteiger partial charge >= 0.3 is 0 Å². The summed E-state index contributed by atoms with van der Waals surface area (Å²) < 4.78 is 5.31. The van der Waals surface area contributed by atoms with E-state index in [9.17, 15) is 0 Å². The Bertz CT molecular complexity index is 490. The molecule has 0 aliphatic carbocycles. The number of hydrogen-bond acceptors (Lipinski definition) is 4. The normalized spacial score (nSPS) is 12.6. The van der Waals surface area contributed by atoms with Crippen LogP contribution in [0.5, 0.6) is 0 Å². The summed E-state index contributed by atoms with van der Waals surface area (Å²) in [5, 5.41) is 4.03. The quantitative estimate of drug-likeness (QED) is 0.879. The molecule has 0 aliphatic heterocycles. The van der Waals surface area contributed by atoms with Crippen LogP contribution < -0.4 is 5.73 Å². The van der Waals surface area contributed by atoms with Gasteiger partial charge in [0.05, 0.1) is 5.92 Å². The van der Waals surface area contributed by atoms with Crippen molar-refractivity contribution in [2.75, 3.05) is 6.54 Å². The largest absolute Gasteiger partial charge is 0.339 e. The molecule has 2 N–H and O–H groups in total. The van der Waals surface area contributed by atoms with Crippen LogP contribution in [0.3, 0.4) is 0 Å². The molecule has 0 saturated carbocycles. The highest BCUT2D eigenvalue weighted by Crippen LogP contribution is 2.22. The molecule has 1 aromatic carbocycles. The van der Waals surface area contributed by atoms with E-state index in [1.54, 1.807) is 0 Å². The predicted octanol–water partition coefficient (Wildman–Crippen LogP) is 2.89. The lowest BCUT2D eigenvalue weighted by molar-refractivity contribution is 0.347. The van der Waals surface area contributed by atoms with Crippen LogP contribution in [-0.4, -0.2) is 16.7 Å². The standard InChI is InChI=1S/C14H19N3O/c1-3-4-12(9-15)14-16-13(17-18-14)11-7-5-10(2)6-8-11/h5-8,12H,3-4,9,15H2,1-2H3. The number of aryl methyl sites for hydroxylation is 1. The maximum absolute atomic E-state index is 5.73. The molecule has 96 valence electrons. The number of nitrogens with two attached hydrogens (primary N) is 1. The molecule has 4 heteroatoms. The maximum atomic E-state index is 5.73. The molecule has 1 atom stereocenters. The monoisotopic (exact) mass is 245 g/mol. The third-order valence-electron chi connectivity index (χ3n) is 3.02. The Hall–Kier alpha value is -1.68. The fraction of sp³-hybridized carbons (Fsp3) is 0.429. The highest BCUT2D eigenvalue weighted by molar-refractivity contribution is 5.54. The number of hydrogen-bond donors (Lipinski definition) is 1. The van der Waals surface area contributed by atoms with Crippen LogP contribution >= 0.6 is 0 Å². The van der Waals surface area contributed by atoms with Gasteiger partial charge in [-0.2, -0.15) is 4.98 Å². The van der Waals surface area contributed by atoms with Crippen LogP contribution in [0.25, 0.3) is 11.4 Å². The second kappa shape index (κ2) is 5.78. The van der Waals surface area contributed by atoms with Crippen molar-refractivity contribution in [1.29, 1.82) is 0 Å². The molecule has 1 heterocycles. The van der Waals surface area contributed by atoms with Crippen LogP contribution in [-0.2, 0) is 0 Å². The van der Waals surface area contributed by atoms with Gasteiger partial charge in [0, 0.05) is 12.1 Å². The third kappa shape index (κ3) is 2.76. The van der Waals surface area contributed by atoms with Gasteiger partial charge < -0.3 is 10.3 Å². The second-order valence-electron chi connectivity index (χ2n) is 4.54. The van der Waals surface area contributed by atoms with E-state index in [-0.39, 0.29) is 5.92 Å². The van der Waals surface area contributed by atoms with Crippen molar-refractivity contribution in [3.63, 3.8) is 0 Å². The summed E-state index contributed by atoms with van der Waals surface area (Å²) in [6.45, 7) is 4.72. The van der Waals surface area contributed by atoms with Crippen molar-refractivity contribution < 1.29 is 4.52 Å². The molecule has 0 spiro atoms. The van der Waals surface area contributed by atoms with Gasteiger partial charge in [0.25, 0.3) is 0 Å². The van der Waals surface area contributed by atoms with Gasteiger partial charge in [0.15, 0.2) is 0 Å². The van der Waals surface area contributed by atoms with Gasteiger partial charge in [-0.1, -0.05) is 48.3 Å². The van der Waals surface area contributed by atoms with E-state index in [4.69, 9.17) is 10.3 Å². The Morgan fingerprint density at radius 2 is 2.00 bits per heavy atom. The van der Waals surface area contributed by atoms with Crippen LogP contribution in [0.4, 0.5) is 0 Å². The Balaban J connectivity index is 2.21. The van der Waals surface area contributed by atoms with Gasteiger partial charge in [-0.05, 0) is 13.3 Å². The van der Waals surface area contributed by atoms with Crippen LogP contribution in [0.2, 0.25) is 0 Å². The van der Waals surface area contributed by atoms with E-state index in [1.165, 1.54) is 5.56 Å². The van der Waals surface area contributed by atoms with Crippen LogP contribution in [0, 0.1) is 6.92 Å². The molecule has 2 aromatic rings. The first kappa shape index (κ1) is 12.8. The lowest BCUT2D eigenvalue weighted by atomic mass is 10.0. The first-order valence-electron chi connectivity index (χ1n) is 6.35.